The molecule has 0 spiro atoms. The zero-order valence-corrected chi connectivity index (χ0v) is 9.47. The maximum absolute atomic E-state index is 5.51. The van der Waals surface area contributed by atoms with Crippen LogP contribution in [0.1, 0.15) is 18.9 Å². The lowest BCUT2D eigenvalue weighted by molar-refractivity contribution is 0.467. The fourth-order valence-corrected chi connectivity index (χ4v) is 1.50. The molecule has 1 nitrogen and oxygen atoms in total. The van der Waals surface area contributed by atoms with Crippen molar-refractivity contribution >= 4 is 15.9 Å². The summed E-state index contributed by atoms with van der Waals surface area (Å²) >= 11 is 3.34. The fourth-order valence-electron chi connectivity index (χ4n) is 0.994. The normalized spacial score (nSPS) is 11.5. The Morgan fingerprint density at radius 1 is 1.54 bits per heavy atom. The summed E-state index contributed by atoms with van der Waals surface area (Å²) in [6.45, 7) is 4.12. The molecule has 1 aromatic rings. The highest BCUT2D eigenvalue weighted by Gasteiger charge is 1.95. The highest BCUT2D eigenvalue weighted by Crippen LogP contribution is 2.18. The highest BCUT2D eigenvalue weighted by molar-refractivity contribution is 9.11. The zero-order valence-electron chi connectivity index (χ0n) is 7.88. The van der Waals surface area contributed by atoms with E-state index in [2.05, 4.69) is 22.9 Å². The van der Waals surface area contributed by atoms with Gasteiger partial charge in [0.15, 0.2) is 4.67 Å². The number of benzene rings is 1. The Morgan fingerprint density at radius 3 is 2.92 bits per heavy atom. The quantitative estimate of drug-likeness (QED) is 0.726. The van der Waals surface area contributed by atoms with E-state index in [0.717, 1.165) is 16.8 Å². The van der Waals surface area contributed by atoms with Crippen molar-refractivity contribution in [2.45, 2.75) is 20.3 Å². The smallest absolute Gasteiger partial charge is 0.165 e. The van der Waals surface area contributed by atoms with Crippen LogP contribution in [0.2, 0.25) is 0 Å². The van der Waals surface area contributed by atoms with Crippen LogP contribution in [0, 0.1) is 6.92 Å². The minimum Gasteiger partial charge on any atom is -0.450 e. The molecular weight excluding hydrogens is 228 g/mol. The maximum Gasteiger partial charge on any atom is 0.165 e. The third-order valence-corrected chi connectivity index (χ3v) is 2.06. The van der Waals surface area contributed by atoms with Gasteiger partial charge in [-0.3, -0.25) is 0 Å². The first-order chi connectivity index (χ1) is 6.22. The predicted molar refractivity (Wildman–Crippen MR) is 59.1 cm³/mol. The Morgan fingerprint density at radius 2 is 2.31 bits per heavy atom. The van der Waals surface area contributed by atoms with Crippen LogP contribution in [0.3, 0.4) is 0 Å². The monoisotopic (exact) mass is 240 g/mol. The number of hydrogen-bond acceptors (Lipinski definition) is 1. The standard InChI is InChI=1S/C11H13BrO/c1-3-5-11(12)13-10-7-4-6-9(2)8-10/h4-8H,3H2,1-2H3/b11-5+. The van der Waals surface area contributed by atoms with Gasteiger partial charge in [0.25, 0.3) is 0 Å². The van der Waals surface area contributed by atoms with Crippen molar-refractivity contribution in [2.75, 3.05) is 0 Å². The van der Waals surface area contributed by atoms with E-state index in [1.165, 1.54) is 5.56 Å². The number of aryl methyl sites for hydroxylation is 1. The Labute approximate surface area is 87.5 Å². The lowest BCUT2D eigenvalue weighted by Crippen LogP contribution is -1.87. The average molecular weight is 241 g/mol. The van der Waals surface area contributed by atoms with E-state index in [9.17, 15) is 0 Å². The van der Waals surface area contributed by atoms with Crippen LogP contribution < -0.4 is 4.74 Å². The summed E-state index contributed by atoms with van der Waals surface area (Å²) < 4.78 is 6.29. The highest BCUT2D eigenvalue weighted by atomic mass is 79.9. The third kappa shape index (κ3) is 3.64. The van der Waals surface area contributed by atoms with Crippen molar-refractivity contribution in [1.82, 2.24) is 0 Å². The van der Waals surface area contributed by atoms with Gasteiger partial charge >= 0.3 is 0 Å². The van der Waals surface area contributed by atoms with Crippen LogP contribution in [-0.2, 0) is 0 Å². The van der Waals surface area contributed by atoms with E-state index in [4.69, 9.17) is 4.74 Å². The minimum absolute atomic E-state index is 0.778. The SMILES string of the molecule is CC/C=C(\Br)Oc1cccc(C)c1. The van der Waals surface area contributed by atoms with Gasteiger partial charge in [0.05, 0.1) is 0 Å². The molecule has 0 saturated carbocycles. The third-order valence-electron chi connectivity index (χ3n) is 1.57. The van der Waals surface area contributed by atoms with Gasteiger partial charge in [-0.2, -0.15) is 0 Å². The number of allylic oxidation sites excluding steroid dienone is 1. The molecule has 0 bridgehead atoms. The first kappa shape index (κ1) is 10.3. The van der Waals surface area contributed by atoms with E-state index in [1.54, 1.807) is 0 Å². The molecule has 0 N–H and O–H groups in total. The Bertz CT molecular complexity index is 305. The Balaban J connectivity index is 2.69. The van der Waals surface area contributed by atoms with Crippen LogP contribution >= 0.6 is 15.9 Å². The summed E-state index contributed by atoms with van der Waals surface area (Å²) in [5.74, 6) is 0.872. The van der Waals surface area contributed by atoms with Gasteiger partial charge in [-0.25, -0.2) is 0 Å². The summed E-state index contributed by atoms with van der Waals surface area (Å²) in [6, 6.07) is 7.98. The molecule has 0 aromatic heterocycles. The number of rotatable bonds is 3. The van der Waals surface area contributed by atoms with Crippen LogP contribution in [0.4, 0.5) is 0 Å². The molecule has 0 unspecified atom stereocenters. The topological polar surface area (TPSA) is 9.23 Å². The van der Waals surface area contributed by atoms with Crippen molar-refractivity contribution in [3.63, 3.8) is 0 Å². The predicted octanol–water partition coefficient (Wildman–Crippen LogP) is 4.02. The first-order valence-corrected chi connectivity index (χ1v) is 5.12. The number of halogens is 1. The minimum atomic E-state index is 0.778. The fraction of sp³-hybridized carbons (Fsp3) is 0.273. The van der Waals surface area contributed by atoms with Gasteiger partial charge in [-0.05, 0) is 53.0 Å². The van der Waals surface area contributed by atoms with E-state index in [0.29, 0.717) is 0 Å². The van der Waals surface area contributed by atoms with Gasteiger partial charge < -0.3 is 4.74 Å². The van der Waals surface area contributed by atoms with E-state index < -0.39 is 0 Å². The van der Waals surface area contributed by atoms with Gasteiger partial charge in [0.1, 0.15) is 5.75 Å². The van der Waals surface area contributed by atoms with Gasteiger partial charge in [-0.1, -0.05) is 19.1 Å². The van der Waals surface area contributed by atoms with Crippen molar-refractivity contribution in [3.05, 3.63) is 40.6 Å². The second-order valence-electron chi connectivity index (χ2n) is 2.84. The van der Waals surface area contributed by atoms with Crippen molar-refractivity contribution < 1.29 is 4.74 Å². The van der Waals surface area contributed by atoms with Crippen molar-refractivity contribution in [3.8, 4) is 5.75 Å². The lowest BCUT2D eigenvalue weighted by atomic mass is 10.2. The summed E-state index contributed by atoms with van der Waals surface area (Å²) in [5.41, 5.74) is 1.20. The lowest BCUT2D eigenvalue weighted by Gasteiger charge is -2.04. The molecule has 70 valence electrons. The first-order valence-electron chi connectivity index (χ1n) is 4.32. The number of hydrogen-bond donors (Lipinski definition) is 0. The molecular formula is C11H13BrO. The molecule has 2 heteroatoms. The zero-order chi connectivity index (χ0) is 9.68. The molecule has 1 aromatic carbocycles. The van der Waals surface area contributed by atoms with Crippen LogP contribution in [0.15, 0.2) is 35.0 Å². The Kier molecular flexibility index (Phi) is 4.03. The molecule has 0 aliphatic rings. The van der Waals surface area contributed by atoms with Gasteiger partial charge in [0.2, 0.25) is 0 Å². The van der Waals surface area contributed by atoms with Crippen LogP contribution in [-0.4, -0.2) is 0 Å². The van der Waals surface area contributed by atoms with Crippen LogP contribution in [0.5, 0.6) is 5.75 Å². The molecule has 0 saturated heterocycles. The van der Waals surface area contributed by atoms with Crippen LogP contribution in [0.25, 0.3) is 0 Å². The molecule has 0 aliphatic carbocycles. The van der Waals surface area contributed by atoms with E-state index in [-0.39, 0.29) is 0 Å². The molecule has 13 heavy (non-hydrogen) atoms. The average Bonchev–Trinajstić information content (AvgIpc) is 2.04. The molecule has 0 radical (unpaired) electrons. The Hall–Kier alpha value is -0.760. The second-order valence-corrected chi connectivity index (χ2v) is 3.62. The van der Waals surface area contributed by atoms with Crippen molar-refractivity contribution in [1.29, 1.82) is 0 Å². The summed E-state index contributed by atoms with van der Waals surface area (Å²) in [4.78, 5) is 0. The molecule has 0 aliphatic heterocycles. The molecule has 1 rings (SSSR count). The number of ether oxygens (including phenoxy) is 1. The largest absolute Gasteiger partial charge is 0.450 e. The maximum atomic E-state index is 5.51. The summed E-state index contributed by atoms with van der Waals surface area (Å²) in [6.07, 6.45) is 2.95. The summed E-state index contributed by atoms with van der Waals surface area (Å²) in [7, 11) is 0. The molecule has 0 fully saturated rings. The summed E-state index contributed by atoms with van der Waals surface area (Å²) in [5, 5.41) is 0. The molecule has 0 amide bonds. The van der Waals surface area contributed by atoms with Crippen molar-refractivity contribution in [2.24, 2.45) is 0 Å². The second kappa shape index (κ2) is 5.07. The van der Waals surface area contributed by atoms with Gasteiger partial charge in [-0.15, -0.1) is 0 Å². The molecule has 0 heterocycles. The van der Waals surface area contributed by atoms with E-state index >= 15 is 0 Å². The van der Waals surface area contributed by atoms with E-state index in [1.807, 2.05) is 37.3 Å². The molecule has 0 atom stereocenters. The van der Waals surface area contributed by atoms with Gasteiger partial charge in [0, 0.05) is 0 Å².